The fraction of sp³-hybridized carbons (Fsp3) is 0.588. The number of likely N-dealkylation sites (N-methyl/N-ethyl adjacent to an activating group) is 1. The van der Waals surface area contributed by atoms with Crippen LogP contribution in [0.25, 0.3) is 0 Å². The molecule has 3 saturated heterocycles. The van der Waals surface area contributed by atoms with Crippen molar-refractivity contribution in [1.29, 1.82) is 0 Å². The topological polar surface area (TPSA) is 26.8 Å². The van der Waals surface area contributed by atoms with E-state index in [1.807, 2.05) is 0 Å². The maximum absolute atomic E-state index is 13.5. The highest BCUT2D eigenvalue weighted by molar-refractivity contribution is 5.99. The van der Waals surface area contributed by atoms with Crippen LogP contribution in [0.2, 0.25) is 0 Å². The summed E-state index contributed by atoms with van der Waals surface area (Å²) in [7, 11) is 3.61. The molecule has 0 saturated carbocycles. The summed E-state index contributed by atoms with van der Waals surface area (Å²) < 4.78 is 40.6. The molecule has 4 aliphatic rings. The third kappa shape index (κ3) is 2.29. The number of benzene rings is 1. The average Bonchev–Trinajstić information content (AvgIpc) is 2.81. The highest BCUT2D eigenvalue weighted by Crippen LogP contribution is 2.41. The number of piperazine rings is 1. The molecule has 2 atom stereocenters. The number of alkyl halides is 3. The van der Waals surface area contributed by atoms with Crippen molar-refractivity contribution >= 4 is 11.6 Å². The van der Waals surface area contributed by atoms with Crippen LogP contribution < -0.4 is 4.90 Å². The molecule has 0 radical (unpaired) electrons. The van der Waals surface area contributed by atoms with Gasteiger partial charge in [-0.2, -0.15) is 13.2 Å². The van der Waals surface area contributed by atoms with E-state index < -0.39 is 11.7 Å². The van der Waals surface area contributed by atoms with Gasteiger partial charge in [-0.25, -0.2) is 0 Å². The molecular weight excluding hydrogens is 319 g/mol. The van der Waals surface area contributed by atoms with Gasteiger partial charge < -0.3 is 9.80 Å². The van der Waals surface area contributed by atoms with Gasteiger partial charge in [0, 0.05) is 50.0 Å². The number of amides is 1. The maximum atomic E-state index is 13.5. The number of carbonyl (C=O) groups excluding carboxylic acids is 1. The largest absolute Gasteiger partial charge is 0.416 e. The van der Waals surface area contributed by atoms with E-state index in [9.17, 15) is 18.0 Å². The van der Waals surface area contributed by atoms with Crippen LogP contribution in [-0.2, 0) is 12.7 Å². The molecule has 130 valence electrons. The van der Waals surface area contributed by atoms with Gasteiger partial charge in [0.2, 0.25) is 0 Å². The molecule has 1 aromatic rings. The van der Waals surface area contributed by atoms with Gasteiger partial charge in [-0.15, -0.1) is 0 Å². The quantitative estimate of drug-likeness (QED) is 0.787. The highest BCUT2D eigenvalue weighted by Gasteiger charge is 2.42. The fourth-order valence-electron chi connectivity index (χ4n) is 4.31. The monoisotopic (exact) mass is 339 g/mol. The standard InChI is InChI=1S/C17H20F3N3O/c1-21-7-11-4-3-10(21)8-23(11)12-5-13-14(9-22(2)16(13)24)15(6-12)17(18,19)20/h5-6,10-11H,3-4,7-9H2,1-2H3. The molecule has 3 fully saturated rings. The van der Waals surface area contributed by atoms with Crippen LogP contribution in [0, 0.1) is 0 Å². The lowest BCUT2D eigenvalue weighted by Gasteiger charge is -2.51. The number of anilines is 1. The van der Waals surface area contributed by atoms with Gasteiger partial charge in [0.15, 0.2) is 0 Å². The van der Waals surface area contributed by atoms with Gasteiger partial charge in [0.1, 0.15) is 0 Å². The van der Waals surface area contributed by atoms with E-state index in [4.69, 9.17) is 0 Å². The Labute approximate surface area is 138 Å². The molecule has 24 heavy (non-hydrogen) atoms. The Morgan fingerprint density at radius 1 is 1.08 bits per heavy atom. The summed E-state index contributed by atoms with van der Waals surface area (Å²) in [4.78, 5) is 17.9. The molecule has 4 nitrogen and oxygen atoms in total. The Hall–Kier alpha value is -1.76. The molecular formula is C17H20F3N3O. The molecule has 5 rings (SSSR count). The summed E-state index contributed by atoms with van der Waals surface area (Å²) in [5, 5.41) is 0. The first kappa shape index (κ1) is 15.7. The molecule has 2 unspecified atom stereocenters. The average molecular weight is 339 g/mol. The molecule has 7 heteroatoms. The van der Waals surface area contributed by atoms with Gasteiger partial charge in [0.05, 0.1) is 5.56 Å². The zero-order chi connectivity index (χ0) is 17.2. The second-order valence-electron chi connectivity index (χ2n) is 7.16. The minimum atomic E-state index is -4.45. The van der Waals surface area contributed by atoms with Gasteiger partial charge in [0.25, 0.3) is 5.91 Å². The van der Waals surface area contributed by atoms with Crippen LogP contribution in [0.1, 0.15) is 34.3 Å². The van der Waals surface area contributed by atoms with Crippen LogP contribution in [0.4, 0.5) is 18.9 Å². The Kier molecular flexibility index (Phi) is 3.36. The number of carbonyl (C=O) groups is 1. The number of piperidine rings is 2. The van der Waals surface area contributed by atoms with Crippen molar-refractivity contribution in [2.75, 3.05) is 32.1 Å². The third-order valence-electron chi connectivity index (χ3n) is 5.65. The second-order valence-corrected chi connectivity index (χ2v) is 7.16. The number of halogens is 3. The summed E-state index contributed by atoms with van der Waals surface area (Å²) in [6, 6.07) is 3.49. The third-order valence-corrected chi connectivity index (χ3v) is 5.65. The molecule has 0 spiro atoms. The normalized spacial score (nSPS) is 27.1. The summed E-state index contributed by atoms with van der Waals surface area (Å²) in [6.07, 6.45) is -2.38. The molecule has 0 aliphatic carbocycles. The minimum absolute atomic E-state index is 0.0259. The Bertz CT molecular complexity index is 703. The lowest BCUT2D eigenvalue weighted by Crippen LogP contribution is -2.61. The molecule has 0 aromatic heterocycles. The number of fused-ring (bicyclic) bond motifs is 4. The predicted molar refractivity (Wildman–Crippen MR) is 84.0 cm³/mol. The van der Waals surface area contributed by atoms with Crippen LogP contribution >= 0.6 is 0 Å². The van der Waals surface area contributed by atoms with Crippen molar-refractivity contribution in [3.05, 3.63) is 28.8 Å². The van der Waals surface area contributed by atoms with Crippen molar-refractivity contribution in [3.8, 4) is 0 Å². The smallest absolute Gasteiger partial charge is 0.366 e. The van der Waals surface area contributed by atoms with E-state index in [0.717, 1.165) is 25.9 Å². The Morgan fingerprint density at radius 3 is 2.38 bits per heavy atom. The van der Waals surface area contributed by atoms with E-state index in [-0.39, 0.29) is 29.6 Å². The SMILES string of the molecule is CN1Cc2c(cc(N3CC4CCC3CN4C)cc2C(F)(F)F)C1=O. The summed E-state index contributed by atoms with van der Waals surface area (Å²) in [6.45, 7) is 1.61. The fourth-order valence-corrected chi connectivity index (χ4v) is 4.31. The minimum Gasteiger partial charge on any atom is -0.366 e. The van der Waals surface area contributed by atoms with E-state index >= 15 is 0 Å². The van der Waals surface area contributed by atoms with Crippen LogP contribution in [0.5, 0.6) is 0 Å². The maximum Gasteiger partial charge on any atom is 0.416 e. The molecule has 4 aliphatic heterocycles. The first-order valence-electron chi connectivity index (χ1n) is 8.22. The van der Waals surface area contributed by atoms with Crippen molar-refractivity contribution in [2.45, 2.75) is 37.6 Å². The summed E-state index contributed by atoms with van der Waals surface area (Å²) in [5.74, 6) is -0.323. The molecule has 1 aromatic carbocycles. The molecule has 2 bridgehead atoms. The number of hydrogen-bond donors (Lipinski definition) is 0. The van der Waals surface area contributed by atoms with Gasteiger partial charge >= 0.3 is 6.18 Å². The van der Waals surface area contributed by atoms with Crippen LogP contribution in [0.3, 0.4) is 0 Å². The van der Waals surface area contributed by atoms with Crippen molar-refractivity contribution in [2.24, 2.45) is 0 Å². The molecule has 4 heterocycles. The van der Waals surface area contributed by atoms with Gasteiger partial charge in [-0.1, -0.05) is 0 Å². The Morgan fingerprint density at radius 2 is 1.79 bits per heavy atom. The summed E-state index contributed by atoms with van der Waals surface area (Å²) >= 11 is 0. The van der Waals surface area contributed by atoms with Crippen LogP contribution in [-0.4, -0.2) is 55.0 Å². The lowest BCUT2D eigenvalue weighted by molar-refractivity contribution is -0.138. The lowest BCUT2D eigenvalue weighted by atomic mass is 9.90. The molecule has 0 N–H and O–H groups in total. The van der Waals surface area contributed by atoms with Gasteiger partial charge in [-0.3, -0.25) is 9.69 Å². The van der Waals surface area contributed by atoms with E-state index in [0.29, 0.717) is 11.7 Å². The first-order valence-corrected chi connectivity index (χ1v) is 8.22. The van der Waals surface area contributed by atoms with Gasteiger partial charge in [-0.05, 0) is 37.6 Å². The van der Waals surface area contributed by atoms with E-state index in [1.54, 1.807) is 13.1 Å². The van der Waals surface area contributed by atoms with Crippen molar-refractivity contribution in [1.82, 2.24) is 9.80 Å². The van der Waals surface area contributed by atoms with E-state index in [1.165, 1.54) is 11.0 Å². The summed E-state index contributed by atoms with van der Waals surface area (Å²) in [5.41, 5.74) is 0.185. The highest BCUT2D eigenvalue weighted by atomic mass is 19.4. The molecule has 1 amide bonds. The predicted octanol–water partition coefficient (Wildman–Crippen LogP) is 2.57. The van der Waals surface area contributed by atoms with E-state index in [2.05, 4.69) is 16.8 Å². The zero-order valence-electron chi connectivity index (χ0n) is 13.7. The number of nitrogens with zero attached hydrogens (tertiary/aromatic N) is 3. The Balaban J connectivity index is 1.79. The zero-order valence-corrected chi connectivity index (χ0v) is 13.7. The van der Waals surface area contributed by atoms with Crippen molar-refractivity contribution in [3.63, 3.8) is 0 Å². The second kappa shape index (κ2) is 5.12. The van der Waals surface area contributed by atoms with Crippen molar-refractivity contribution < 1.29 is 18.0 Å². The number of rotatable bonds is 1. The number of hydrogen-bond acceptors (Lipinski definition) is 3. The first-order chi connectivity index (χ1) is 11.3. The van der Waals surface area contributed by atoms with Crippen LogP contribution in [0.15, 0.2) is 12.1 Å².